The topological polar surface area (TPSA) is 60.7 Å². The Morgan fingerprint density at radius 2 is 1.43 bits per heavy atom. The van der Waals surface area contributed by atoms with Crippen LogP contribution in [0.3, 0.4) is 0 Å². The summed E-state index contributed by atoms with van der Waals surface area (Å²) in [5.74, 6) is 0. The SMILES string of the molecule is CCO[Si](COC#N)(OCC)OCC. The van der Waals surface area contributed by atoms with Crippen LogP contribution < -0.4 is 0 Å². The Balaban J connectivity index is 4.30. The zero-order valence-electron chi connectivity index (χ0n) is 8.91. The van der Waals surface area contributed by atoms with E-state index in [4.69, 9.17) is 18.5 Å². The van der Waals surface area contributed by atoms with Gasteiger partial charge in [0.15, 0.2) is 6.23 Å². The molecular formula is C8H17NO4Si. The van der Waals surface area contributed by atoms with E-state index in [9.17, 15) is 0 Å². The van der Waals surface area contributed by atoms with E-state index in [1.165, 1.54) is 0 Å². The van der Waals surface area contributed by atoms with Gasteiger partial charge in [-0.25, -0.2) is 0 Å². The monoisotopic (exact) mass is 219 g/mol. The summed E-state index contributed by atoms with van der Waals surface area (Å²) in [5.41, 5.74) is 0. The van der Waals surface area contributed by atoms with Crippen molar-refractivity contribution in [3.05, 3.63) is 0 Å². The molecule has 0 saturated carbocycles. The summed E-state index contributed by atoms with van der Waals surface area (Å²) in [6, 6.07) is 0. The number of ether oxygens (including phenoxy) is 1. The normalized spacial score (nSPS) is 11.0. The predicted octanol–water partition coefficient (Wildman–Crippen LogP) is 1.07. The lowest BCUT2D eigenvalue weighted by Crippen LogP contribution is -2.50. The third-order valence-corrected chi connectivity index (χ3v) is 4.09. The number of nitrogens with zero attached hydrogens (tertiary/aromatic N) is 1. The summed E-state index contributed by atoms with van der Waals surface area (Å²) in [7, 11) is -2.76. The fraction of sp³-hybridized carbons (Fsp3) is 0.875. The van der Waals surface area contributed by atoms with E-state index in [-0.39, 0.29) is 6.23 Å². The van der Waals surface area contributed by atoms with Gasteiger partial charge in [0.1, 0.15) is 0 Å². The molecule has 0 spiro atoms. The van der Waals surface area contributed by atoms with Crippen molar-refractivity contribution in [1.82, 2.24) is 0 Å². The lowest BCUT2D eigenvalue weighted by atomic mass is 10.9. The number of hydrogen-bond donors (Lipinski definition) is 0. The highest BCUT2D eigenvalue weighted by atomic mass is 28.4. The van der Waals surface area contributed by atoms with E-state index in [1.54, 1.807) is 6.26 Å². The van der Waals surface area contributed by atoms with Crippen molar-refractivity contribution in [2.45, 2.75) is 20.8 Å². The van der Waals surface area contributed by atoms with Crippen LogP contribution in [0.2, 0.25) is 0 Å². The van der Waals surface area contributed by atoms with E-state index in [2.05, 4.69) is 4.74 Å². The zero-order chi connectivity index (χ0) is 10.9. The van der Waals surface area contributed by atoms with Crippen LogP contribution in [0.4, 0.5) is 0 Å². The van der Waals surface area contributed by atoms with Crippen molar-refractivity contribution in [2.24, 2.45) is 0 Å². The van der Waals surface area contributed by atoms with Gasteiger partial charge < -0.3 is 18.0 Å². The van der Waals surface area contributed by atoms with Crippen molar-refractivity contribution >= 4 is 8.80 Å². The highest BCUT2D eigenvalue weighted by molar-refractivity contribution is 6.60. The molecule has 14 heavy (non-hydrogen) atoms. The predicted molar refractivity (Wildman–Crippen MR) is 52.2 cm³/mol. The number of hydrogen-bond acceptors (Lipinski definition) is 5. The molecule has 0 N–H and O–H groups in total. The van der Waals surface area contributed by atoms with Crippen molar-refractivity contribution in [3.8, 4) is 6.26 Å². The molecule has 0 fully saturated rings. The van der Waals surface area contributed by atoms with Gasteiger partial charge in [-0.2, -0.15) is 5.26 Å². The van der Waals surface area contributed by atoms with E-state index < -0.39 is 8.80 Å². The molecule has 0 aromatic carbocycles. The van der Waals surface area contributed by atoms with Crippen molar-refractivity contribution in [1.29, 1.82) is 5.26 Å². The molecule has 0 aliphatic rings. The molecule has 0 heterocycles. The minimum atomic E-state index is -2.76. The molecule has 0 aromatic rings. The summed E-state index contributed by atoms with van der Waals surface area (Å²) < 4.78 is 20.9. The van der Waals surface area contributed by atoms with Gasteiger partial charge in [0.25, 0.3) is 6.26 Å². The van der Waals surface area contributed by atoms with Gasteiger partial charge in [0, 0.05) is 19.8 Å². The zero-order valence-corrected chi connectivity index (χ0v) is 9.91. The Hall–Kier alpha value is -0.613. The Morgan fingerprint density at radius 1 is 1.00 bits per heavy atom. The maximum absolute atomic E-state index is 8.32. The Bertz CT molecular complexity index is 166. The van der Waals surface area contributed by atoms with Crippen molar-refractivity contribution in [3.63, 3.8) is 0 Å². The van der Waals surface area contributed by atoms with Gasteiger partial charge >= 0.3 is 8.80 Å². The fourth-order valence-electron chi connectivity index (χ4n) is 1.03. The Labute approximate surface area is 85.9 Å². The largest absolute Gasteiger partial charge is 0.541 e. The second-order valence-corrected chi connectivity index (χ2v) is 4.88. The average Bonchev–Trinajstić information content (AvgIpc) is 2.16. The van der Waals surface area contributed by atoms with E-state index in [0.29, 0.717) is 19.8 Å². The minimum absolute atomic E-state index is 0.0824. The van der Waals surface area contributed by atoms with Gasteiger partial charge in [-0.3, -0.25) is 0 Å². The van der Waals surface area contributed by atoms with Crippen LogP contribution in [-0.4, -0.2) is 34.9 Å². The van der Waals surface area contributed by atoms with Gasteiger partial charge in [-0.15, -0.1) is 0 Å². The molecule has 0 radical (unpaired) electrons. The third kappa shape index (κ3) is 4.57. The second-order valence-electron chi connectivity index (χ2n) is 2.36. The second kappa shape index (κ2) is 7.76. The molecular weight excluding hydrogens is 202 g/mol. The molecule has 0 rings (SSSR count). The van der Waals surface area contributed by atoms with E-state index in [1.807, 2.05) is 20.8 Å². The summed E-state index contributed by atoms with van der Waals surface area (Å²) in [6.07, 6.45) is 1.68. The molecule has 6 heteroatoms. The molecule has 0 saturated heterocycles. The van der Waals surface area contributed by atoms with Gasteiger partial charge in [0.2, 0.25) is 0 Å². The first-order chi connectivity index (χ1) is 6.74. The van der Waals surface area contributed by atoms with Crippen molar-refractivity contribution in [2.75, 3.05) is 26.1 Å². The minimum Gasteiger partial charge on any atom is -0.423 e. The van der Waals surface area contributed by atoms with Crippen LogP contribution in [0.25, 0.3) is 0 Å². The molecule has 0 unspecified atom stereocenters. The lowest BCUT2D eigenvalue weighted by molar-refractivity contribution is 0.0495. The molecule has 0 atom stereocenters. The molecule has 5 nitrogen and oxygen atoms in total. The maximum atomic E-state index is 8.32. The molecule has 0 aliphatic heterocycles. The molecule has 82 valence electrons. The first-order valence-electron chi connectivity index (χ1n) is 4.67. The summed E-state index contributed by atoms with van der Waals surface area (Å²) in [5, 5.41) is 8.32. The van der Waals surface area contributed by atoms with E-state index >= 15 is 0 Å². The Kier molecular flexibility index (Phi) is 7.42. The van der Waals surface area contributed by atoms with Crippen LogP contribution in [0.1, 0.15) is 20.8 Å². The van der Waals surface area contributed by atoms with Gasteiger partial charge in [-0.05, 0) is 20.8 Å². The van der Waals surface area contributed by atoms with Gasteiger partial charge in [0.05, 0.1) is 0 Å². The van der Waals surface area contributed by atoms with Crippen molar-refractivity contribution < 1.29 is 18.0 Å². The smallest absolute Gasteiger partial charge is 0.423 e. The van der Waals surface area contributed by atoms with Crippen LogP contribution >= 0.6 is 0 Å². The maximum Gasteiger partial charge on any atom is 0.541 e. The van der Waals surface area contributed by atoms with Crippen LogP contribution in [0.15, 0.2) is 0 Å². The molecule has 0 amide bonds. The highest BCUT2D eigenvalue weighted by Gasteiger charge is 2.42. The number of nitriles is 1. The average molecular weight is 219 g/mol. The fourth-order valence-corrected chi connectivity index (χ4v) is 3.09. The van der Waals surface area contributed by atoms with Gasteiger partial charge in [-0.1, -0.05) is 0 Å². The first-order valence-corrected chi connectivity index (χ1v) is 6.60. The standard InChI is InChI=1S/C8H17NO4Si/c1-4-11-14(12-5-2,13-6-3)8-10-7-9/h4-6,8H2,1-3H3. The molecule has 0 aliphatic carbocycles. The summed E-state index contributed by atoms with van der Waals surface area (Å²) >= 11 is 0. The highest BCUT2D eigenvalue weighted by Crippen LogP contribution is 2.10. The third-order valence-electron chi connectivity index (χ3n) is 1.41. The van der Waals surface area contributed by atoms with E-state index in [0.717, 1.165) is 0 Å². The van der Waals surface area contributed by atoms with Crippen LogP contribution in [-0.2, 0) is 18.0 Å². The quantitative estimate of drug-likeness (QED) is 0.451. The number of rotatable bonds is 8. The summed E-state index contributed by atoms with van der Waals surface area (Å²) in [4.78, 5) is 0. The Morgan fingerprint density at radius 3 is 1.71 bits per heavy atom. The van der Waals surface area contributed by atoms with Crippen LogP contribution in [0, 0.1) is 11.5 Å². The first kappa shape index (κ1) is 13.4. The van der Waals surface area contributed by atoms with Crippen LogP contribution in [0.5, 0.6) is 0 Å². The molecule has 0 aromatic heterocycles. The lowest BCUT2D eigenvalue weighted by Gasteiger charge is -2.26. The summed E-state index contributed by atoms with van der Waals surface area (Å²) in [6.45, 7) is 7.02. The molecule has 0 bridgehead atoms.